The Bertz CT molecular complexity index is 998. The number of rotatable bonds is 5. The molecule has 0 fully saturated rings. The number of methoxy groups -OCH3 is 2. The van der Waals surface area contributed by atoms with Crippen LogP contribution in [0.1, 0.15) is 11.1 Å². The van der Waals surface area contributed by atoms with Crippen molar-refractivity contribution >= 4 is 0 Å². The van der Waals surface area contributed by atoms with Crippen LogP contribution in [0.4, 0.5) is 0 Å². The zero-order chi connectivity index (χ0) is 17.8. The van der Waals surface area contributed by atoms with Gasteiger partial charge in [0.05, 0.1) is 32.4 Å². The SMILES string of the molecule is COc1ccc(-c2noc(=O)n2Cc2ccccc2C#N)cc1OC. The molecule has 0 aliphatic heterocycles. The molecule has 2 aromatic carbocycles. The number of ether oxygens (including phenoxy) is 2. The first-order valence-corrected chi connectivity index (χ1v) is 7.45. The molecule has 0 aliphatic rings. The molecule has 25 heavy (non-hydrogen) atoms. The van der Waals surface area contributed by atoms with Gasteiger partial charge in [0.1, 0.15) is 0 Å². The molecule has 1 heterocycles. The predicted molar refractivity (Wildman–Crippen MR) is 89.6 cm³/mol. The molecule has 7 heteroatoms. The van der Waals surface area contributed by atoms with Crippen molar-refractivity contribution < 1.29 is 14.0 Å². The van der Waals surface area contributed by atoms with Crippen LogP contribution in [0.15, 0.2) is 51.8 Å². The highest BCUT2D eigenvalue weighted by Crippen LogP contribution is 2.31. The molecule has 0 radical (unpaired) electrons. The minimum absolute atomic E-state index is 0.176. The molecule has 0 aliphatic carbocycles. The third-order valence-corrected chi connectivity index (χ3v) is 3.79. The zero-order valence-electron chi connectivity index (χ0n) is 13.7. The van der Waals surface area contributed by atoms with Gasteiger partial charge in [-0.3, -0.25) is 9.09 Å². The van der Waals surface area contributed by atoms with Gasteiger partial charge in [-0.1, -0.05) is 23.4 Å². The fourth-order valence-electron chi connectivity index (χ4n) is 2.53. The van der Waals surface area contributed by atoms with Crippen LogP contribution in [0.2, 0.25) is 0 Å². The molecule has 0 saturated carbocycles. The topological polar surface area (TPSA) is 90.3 Å². The number of hydrogen-bond donors (Lipinski definition) is 0. The zero-order valence-corrected chi connectivity index (χ0v) is 13.7. The van der Waals surface area contributed by atoms with Gasteiger partial charge in [-0.05, 0) is 29.8 Å². The molecular weight excluding hydrogens is 322 g/mol. The van der Waals surface area contributed by atoms with Gasteiger partial charge < -0.3 is 9.47 Å². The van der Waals surface area contributed by atoms with Gasteiger partial charge in [-0.15, -0.1) is 0 Å². The summed E-state index contributed by atoms with van der Waals surface area (Å²) in [6.07, 6.45) is 0. The van der Waals surface area contributed by atoms with Crippen LogP contribution in [-0.4, -0.2) is 23.9 Å². The highest BCUT2D eigenvalue weighted by molar-refractivity contribution is 5.61. The van der Waals surface area contributed by atoms with Crippen LogP contribution >= 0.6 is 0 Å². The molecule has 0 amide bonds. The molecule has 0 bridgehead atoms. The lowest BCUT2D eigenvalue weighted by atomic mass is 10.1. The van der Waals surface area contributed by atoms with Gasteiger partial charge in [-0.2, -0.15) is 5.26 Å². The number of benzene rings is 2. The highest BCUT2D eigenvalue weighted by Gasteiger charge is 2.16. The summed E-state index contributed by atoms with van der Waals surface area (Å²) in [6, 6.07) is 14.4. The van der Waals surface area contributed by atoms with E-state index in [0.717, 1.165) is 0 Å². The minimum atomic E-state index is -0.600. The molecule has 3 rings (SSSR count). The molecular formula is C18H15N3O4. The van der Waals surface area contributed by atoms with Gasteiger partial charge >= 0.3 is 5.76 Å². The maximum Gasteiger partial charge on any atom is 0.442 e. The number of hydrogen-bond acceptors (Lipinski definition) is 6. The normalized spacial score (nSPS) is 10.3. The summed E-state index contributed by atoms with van der Waals surface area (Å²) in [6.45, 7) is 0.176. The Morgan fingerprint density at radius 1 is 1.16 bits per heavy atom. The fraction of sp³-hybridized carbons (Fsp3) is 0.167. The summed E-state index contributed by atoms with van der Waals surface area (Å²) in [7, 11) is 3.07. The Hall–Kier alpha value is -3.53. The van der Waals surface area contributed by atoms with E-state index in [9.17, 15) is 10.1 Å². The van der Waals surface area contributed by atoms with Crippen LogP contribution in [-0.2, 0) is 6.54 Å². The lowest BCUT2D eigenvalue weighted by Crippen LogP contribution is -2.17. The van der Waals surface area contributed by atoms with Crippen molar-refractivity contribution in [1.82, 2.24) is 9.72 Å². The Kier molecular flexibility index (Phi) is 4.53. The van der Waals surface area contributed by atoms with E-state index in [1.807, 2.05) is 6.07 Å². The lowest BCUT2D eigenvalue weighted by Gasteiger charge is -2.10. The lowest BCUT2D eigenvalue weighted by molar-refractivity contribution is 0.355. The largest absolute Gasteiger partial charge is 0.493 e. The first-order chi connectivity index (χ1) is 12.2. The van der Waals surface area contributed by atoms with E-state index >= 15 is 0 Å². The second kappa shape index (κ2) is 6.93. The molecule has 1 aromatic heterocycles. The summed E-state index contributed by atoms with van der Waals surface area (Å²) in [5, 5.41) is 13.1. The number of nitrogens with zero attached hydrogens (tertiary/aromatic N) is 3. The first-order valence-electron chi connectivity index (χ1n) is 7.45. The standard InChI is InChI=1S/C18H15N3O4/c1-23-15-8-7-12(9-16(15)24-2)17-20-25-18(22)21(17)11-14-6-4-3-5-13(14)10-19/h3-9H,11H2,1-2H3. The predicted octanol–water partition coefficient (Wildman–Crippen LogP) is 2.44. The fourth-order valence-corrected chi connectivity index (χ4v) is 2.53. The highest BCUT2D eigenvalue weighted by atomic mass is 16.5. The average Bonchev–Trinajstić information content (AvgIpc) is 3.02. The van der Waals surface area contributed by atoms with Gasteiger partial charge in [0.2, 0.25) is 0 Å². The molecule has 0 N–H and O–H groups in total. The van der Waals surface area contributed by atoms with Gasteiger partial charge in [-0.25, -0.2) is 4.79 Å². The molecule has 0 unspecified atom stereocenters. The molecule has 126 valence electrons. The van der Waals surface area contributed by atoms with Crippen LogP contribution in [0.5, 0.6) is 11.5 Å². The monoisotopic (exact) mass is 337 g/mol. The maximum absolute atomic E-state index is 12.1. The Balaban J connectivity index is 2.06. The Labute approximate surface area is 143 Å². The second-order valence-electron chi connectivity index (χ2n) is 5.20. The van der Waals surface area contributed by atoms with E-state index < -0.39 is 5.76 Å². The summed E-state index contributed by atoms with van der Waals surface area (Å²) >= 11 is 0. The van der Waals surface area contributed by atoms with E-state index in [1.165, 1.54) is 11.7 Å². The van der Waals surface area contributed by atoms with Crippen LogP contribution < -0.4 is 15.2 Å². The second-order valence-corrected chi connectivity index (χ2v) is 5.20. The van der Waals surface area contributed by atoms with E-state index in [2.05, 4.69) is 11.2 Å². The van der Waals surface area contributed by atoms with Crippen molar-refractivity contribution in [3.05, 3.63) is 64.1 Å². The smallest absolute Gasteiger partial charge is 0.442 e. The maximum atomic E-state index is 12.1. The third kappa shape index (κ3) is 3.10. The minimum Gasteiger partial charge on any atom is -0.493 e. The molecule has 0 atom stereocenters. The summed E-state index contributed by atoms with van der Waals surface area (Å²) in [5.41, 5.74) is 1.84. The first kappa shape index (κ1) is 16.3. The molecule has 0 spiro atoms. The van der Waals surface area contributed by atoms with Crippen molar-refractivity contribution in [1.29, 1.82) is 5.26 Å². The molecule has 3 aromatic rings. The Morgan fingerprint density at radius 3 is 2.64 bits per heavy atom. The van der Waals surface area contributed by atoms with Crippen LogP contribution in [0.25, 0.3) is 11.4 Å². The van der Waals surface area contributed by atoms with Crippen molar-refractivity contribution in [2.75, 3.05) is 14.2 Å². The van der Waals surface area contributed by atoms with E-state index in [1.54, 1.807) is 43.5 Å². The molecule has 0 saturated heterocycles. The van der Waals surface area contributed by atoms with E-state index in [4.69, 9.17) is 14.0 Å². The number of aromatic nitrogens is 2. The van der Waals surface area contributed by atoms with E-state index in [0.29, 0.717) is 34.0 Å². The van der Waals surface area contributed by atoms with Crippen molar-refractivity contribution in [2.24, 2.45) is 0 Å². The number of nitriles is 1. The summed E-state index contributed by atoms with van der Waals surface area (Å²) in [4.78, 5) is 12.1. The quantitative estimate of drug-likeness (QED) is 0.710. The van der Waals surface area contributed by atoms with E-state index in [-0.39, 0.29) is 6.54 Å². The van der Waals surface area contributed by atoms with Gasteiger partial charge in [0.25, 0.3) is 0 Å². The van der Waals surface area contributed by atoms with Crippen molar-refractivity contribution in [3.63, 3.8) is 0 Å². The third-order valence-electron chi connectivity index (χ3n) is 3.79. The van der Waals surface area contributed by atoms with Crippen LogP contribution in [0, 0.1) is 11.3 Å². The van der Waals surface area contributed by atoms with Crippen molar-refractivity contribution in [2.45, 2.75) is 6.54 Å². The Morgan fingerprint density at radius 2 is 1.92 bits per heavy atom. The van der Waals surface area contributed by atoms with Gasteiger partial charge in [0.15, 0.2) is 17.3 Å². The molecule has 7 nitrogen and oxygen atoms in total. The average molecular weight is 337 g/mol. The summed E-state index contributed by atoms with van der Waals surface area (Å²) < 4.78 is 16.7. The summed E-state index contributed by atoms with van der Waals surface area (Å²) in [5.74, 6) is 0.828. The van der Waals surface area contributed by atoms with Crippen molar-refractivity contribution in [3.8, 4) is 29.0 Å². The van der Waals surface area contributed by atoms with Crippen LogP contribution in [0.3, 0.4) is 0 Å². The van der Waals surface area contributed by atoms with Gasteiger partial charge in [0, 0.05) is 5.56 Å².